The van der Waals surface area contributed by atoms with Crippen LogP contribution < -0.4 is 16.6 Å². The average Bonchev–Trinajstić information content (AvgIpc) is 2.61. The first-order chi connectivity index (χ1) is 12.0. The quantitative estimate of drug-likeness (QED) is 0.914. The number of hydrogen-bond acceptors (Lipinski definition) is 4. The molecule has 6 heteroatoms. The molecule has 1 saturated heterocycles. The number of benzene rings is 1. The van der Waals surface area contributed by atoms with Crippen LogP contribution in [0.4, 0.5) is 5.69 Å². The van der Waals surface area contributed by atoms with Gasteiger partial charge in [0.25, 0.3) is 5.56 Å². The molecule has 1 fully saturated rings. The molecule has 3 rings (SSSR count). The Kier molecular flexibility index (Phi) is 5.08. The largest absolute Gasteiger partial charge is 0.382 e. The molecule has 25 heavy (non-hydrogen) atoms. The van der Waals surface area contributed by atoms with Crippen LogP contribution >= 0.6 is 0 Å². The van der Waals surface area contributed by atoms with E-state index in [1.807, 2.05) is 0 Å². The smallest absolute Gasteiger partial charge is 0.330 e. The van der Waals surface area contributed by atoms with Gasteiger partial charge in [0.15, 0.2) is 0 Å². The molecule has 0 spiro atoms. The fraction of sp³-hybridized carbons (Fsp3) is 0.474. The molecule has 1 aromatic heterocycles. The molecule has 0 aliphatic carbocycles. The zero-order chi connectivity index (χ0) is 18.0. The first kappa shape index (κ1) is 17.5. The van der Waals surface area contributed by atoms with Gasteiger partial charge in [-0.3, -0.25) is 18.8 Å². The van der Waals surface area contributed by atoms with E-state index in [2.05, 4.69) is 41.4 Å². The third-order valence-corrected chi connectivity index (χ3v) is 5.10. The van der Waals surface area contributed by atoms with Crippen LogP contribution in [0.1, 0.15) is 24.1 Å². The van der Waals surface area contributed by atoms with Crippen LogP contribution in [0.2, 0.25) is 0 Å². The molecule has 2 aromatic rings. The van der Waals surface area contributed by atoms with E-state index in [0.29, 0.717) is 12.6 Å². The molecule has 1 aliphatic rings. The number of nitrogens with one attached hydrogen (secondary N) is 1. The third-order valence-electron chi connectivity index (χ3n) is 5.10. The van der Waals surface area contributed by atoms with Crippen molar-refractivity contribution in [3.63, 3.8) is 0 Å². The summed E-state index contributed by atoms with van der Waals surface area (Å²) in [5.41, 5.74) is 2.74. The van der Waals surface area contributed by atoms with Crippen LogP contribution in [0, 0.1) is 6.92 Å². The summed E-state index contributed by atoms with van der Waals surface area (Å²) in [4.78, 5) is 26.2. The van der Waals surface area contributed by atoms with Crippen molar-refractivity contribution in [1.82, 2.24) is 14.0 Å². The lowest BCUT2D eigenvalue weighted by Crippen LogP contribution is -2.42. The third kappa shape index (κ3) is 3.85. The van der Waals surface area contributed by atoms with Crippen molar-refractivity contribution >= 4 is 5.69 Å². The number of hydrogen-bond donors (Lipinski definition) is 1. The predicted molar refractivity (Wildman–Crippen MR) is 100 cm³/mol. The van der Waals surface area contributed by atoms with Crippen molar-refractivity contribution in [3.8, 4) is 0 Å². The summed E-state index contributed by atoms with van der Waals surface area (Å²) < 4.78 is 2.71. The number of para-hydroxylation sites is 1. The van der Waals surface area contributed by atoms with Crippen LogP contribution in [0.15, 0.2) is 39.9 Å². The molecule has 1 aliphatic heterocycles. The molecule has 0 bridgehead atoms. The summed E-state index contributed by atoms with van der Waals surface area (Å²) in [7, 11) is 3.24. The molecule has 0 saturated carbocycles. The average molecular weight is 342 g/mol. The second-order valence-electron chi connectivity index (χ2n) is 6.88. The number of aromatic nitrogens is 2. The van der Waals surface area contributed by atoms with Gasteiger partial charge in [0, 0.05) is 57.2 Å². The maximum atomic E-state index is 12.0. The van der Waals surface area contributed by atoms with Gasteiger partial charge < -0.3 is 5.32 Å². The molecule has 0 radical (unpaired) electrons. The second kappa shape index (κ2) is 7.27. The van der Waals surface area contributed by atoms with Gasteiger partial charge in [-0.25, -0.2) is 4.79 Å². The lowest BCUT2D eigenvalue weighted by atomic mass is 10.0. The van der Waals surface area contributed by atoms with Crippen molar-refractivity contribution in [1.29, 1.82) is 0 Å². The molecular formula is C19H26N4O2. The minimum absolute atomic E-state index is 0.241. The summed E-state index contributed by atoms with van der Waals surface area (Å²) in [5.74, 6) is 0. The van der Waals surface area contributed by atoms with Gasteiger partial charge in [-0.15, -0.1) is 0 Å². The van der Waals surface area contributed by atoms with E-state index in [9.17, 15) is 9.59 Å². The Bertz CT molecular complexity index is 860. The van der Waals surface area contributed by atoms with Gasteiger partial charge in [0.1, 0.15) is 0 Å². The van der Waals surface area contributed by atoms with Gasteiger partial charge in [0.05, 0.1) is 0 Å². The van der Waals surface area contributed by atoms with E-state index in [0.717, 1.165) is 36.2 Å². The fourth-order valence-corrected chi connectivity index (χ4v) is 3.35. The number of aryl methyl sites for hydroxylation is 1. The highest BCUT2D eigenvalue weighted by Crippen LogP contribution is 2.20. The Morgan fingerprint density at radius 2 is 1.76 bits per heavy atom. The van der Waals surface area contributed by atoms with Crippen LogP contribution in [0.3, 0.4) is 0 Å². The number of likely N-dealkylation sites (tertiary alicyclic amines) is 1. The highest BCUT2D eigenvalue weighted by molar-refractivity contribution is 5.50. The summed E-state index contributed by atoms with van der Waals surface area (Å²) >= 11 is 0. The van der Waals surface area contributed by atoms with Gasteiger partial charge in [0.2, 0.25) is 0 Å². The minimum Gasteiger partial charge on any atom is -0.382 e. The highest BCUT2D eigenvalue weighted by atomic mass is 16.2. The molecule has 2 heterocycles. The van der Waals surface area contributed by atoms with Crippen molar-refractivity contribution in [2.24, 2.45) is 14.1 Å². The van der Waals surface area contributed by atoms with E-state index in [4.69, 9.17) is 0 Å². The molecular weight excluding hydrogens is 316 g/mol. The van der Waals surface area contributed by atoms with Crippen molar-refractivity contribution in [2.75, 3.05) is 18.4 Å². The monoisotopic (exact) mass is 342 g/mol. The highest BCUT2D eigenvalue weighted by Gasteiger charge is 2.20. The standard InChI is InChI=1S/C19H26N4O2/c1-14-6-4-5-7-17(14)20-15-8-10-23(11-9-15)13-16-12-18(24)22(3)19(25)21(16)2/h4-7,12,15,20H,8-11,13H2,1-3H3. The van der Waals surface area contributed by atoms with E-state index in [1.54, 1.807) is 17.7 Å². The maximum absolute atomic E-state index is 12.0. The zero-order valence-corrected chi connectivity index (χ0v) is 15.2. The van der Waals surface area contributed by atoms with E-state index in [-0.39, 0.29) is 11.2 Å². The summed E-state index contributed by atoms with van der Waals surface area (Å²) in [5, 5.41) is 3.64. The van der Waals surface area contributed by atoms with Gasteiger partial charge >= 0.3 is 5.69 Å². The molecule has 0 amide bonds. The van der Waals surface area contributed by atoms with E-state index < -0.39 is 0 Å². The number of piperidine rings is 1. The molecule has 1 aromatic carbocycles. The Hall–Kier alpha value is -2.34. The molecule has 1 N–H and O–H groups in total. The minimum atomic E-state index is -0.265. The second-order valence-corrected chi connectivity index (χ2v) is 6.88. The van der Waals surface area contributed by atoms with E-state index >= 15 is 0 Å². The van der Waals surface area contributed by atoms with Crippen molar-refractivity contribution in [3.05, 3.63) is 62.4 Å². The Morgan fingerprint density at radius 3 is 2.44 bits per heavy atom. The first-order valence-electron chi connectivity index (χ1n) is 8.76. The van der Waals surface area contributed by atoms with Crippen LogP contribution in [0.5, 0.6) is 0 Å². The van der Waals surface area contributed by atoms with Crippen LogP contribution in [0.25, 0.3) is 0 Å². The van der Waals surface area contributed by atoms with Gasteiger partial charge in [-0.05, 0) is 31.4 Å². The number of nitrogens with zero attached hydrogens (tertiary/aromatic N) is 3. The first-order valence-corrected chi connectivity index (χ1v) is 8.76. The lowest BCUT2D eigenvalue weighted by molar-refractivity contribution is 0.206. The maximum Gasteiger partial charge on any atom is 0.330 e. The Labute approximate surface area is 147 Å². The van der Waals surface area contributed by atoms with Crippen molar-refractivity contribution in [2.45, 2.75) is 32.4 Å². The van der Waals surface area contributed by atoms with Gasteiger partial charge in [-0.2, -0.15) is 0 Å². The molecule has 0 unspecified atom stereocenters. The summed E-state index contributed by atoms with van der Waals surface area (Å²) in [6.45, 7) is 4.66. The fourth-order valence-electron chi connectivity index (χ4n) is 3.35. The molecule has 0 atom stereocenters. The van der Waals surface area contributed by atoms with Gasteiger partial charge in [-0.1, -0.05) is 18.2 Å². The summed E-state index contributed by atoms with van der Waals surface area (Å²) in [6, 6.07) is 10.4. The lowest BCUT2D eigenvalue weighted by Gasteiger charge is -2.33. The number of rotatable bonds is 4. The predicted octanol–water partition coefficient (Wildman–Crippen LogP) is 1.47. The molecule has 6 nitrogen and oxygen atoms in total. The summed E-state index contributed by atoms with van der Waals surface area (Å²) in [6.07, 6.45) is 2.10. The van der Waals surface area contributed by atoms with Crippen LogP contribution in [-0.4, -0.2) is 33.2 Å². The van der Waals surface area contributed by atoms with Crippen LogP contribution in [-0.2, 0) is 20.6 Å². The Morgan fingerprint density at radius 1 is 1.08 bits per heavy atom. The van der Waals surface area contributed by atoms with Crippen molar-refractivity contribution < 1.29 is 0 Å². The normalized spacial score (nSPS) is 16.1. The molecule has 134 valence electrons. The SMILES string of the molecule is Cc1ccccc1NC1CCN(Cc2cc(=O)n(C)c(=O)n2C)CC1. The topological polar surface area (TPSA) is 59.3 Å². The zero-order valence-electron chi connectivity index (χ0n) is 15.2. The Balaban J connectivity index is 1.61. The number of anilines is 1. The van der Waals surface area contributed by atoms with E-state index in [1.165, 1.54) is 18.3 Å².